The number of thiophene rings is 1. The van der Waals surface area contributed by atoms with Crippen LogP contribution in [-0.4, -0.2) is 6.61 Å². The van der Waals surface area contributed by atoms with Crippen LogP contribution in [0.5, 0.6) is 0 Å². The van der Waals surface area contributed by atoms with Gasteiger partial charge in [-0.2, -0.15) is 0 Å². The Kier molecular flexibility index (Phi) is 6.69. The third-order valence-corrected chi connectivity index (χ3v) is 3.57. The van der Waals surface area contributed by atoms with Gasteiger partial charge < -0.3 is 4.74 Å². The number of ether oxygens (including phenoxy) is 1. The molecule has 2 heteroatoms. The van der Waals surface area contributed by atoms with E-state index in [4.69, 9.17) is 4.74 Å². The second-order valence-corrected chi connectivity index (χ2v) is 5.04. The van der Waals surface area contributed by atoms with Crippen molar-refractivity contribution in [2.75, 3.05) is 6.61 Å². The molecule has 0 bridgehead atoms. The van der Waals surface area contributed by atoms with E-state index >= 15 is 0 Å². The van der Waals surface area contributed by atoms with Crippen LogP contribution in [0.1, 0.15) is 44.4 Å². The SMILES string of the molecule is CCCCC(CC)COCc1cccs1. The standard InChI is InChI=1S/C13H22OS/c1-3-5-7-12(4-2)10-14-11-13-8-6-9-15-13/h6,8-9,12H,3-5,7,10-11H2,1-2H3. The van der Waals surface area contributed by atoms with Crippen molar-refractivity contribution in [3.05, 3.63) is 22.4 Å². The smallest absolute Gasteiger partial charge is 0.0809 e. The zero-order valence-electron chi connectivity index (χ0n) is 9.87. The van der Waals surface area contributed by atoms with Gasteiger partial charge in [-0.1, -0.05) is 39.2 Å². The Morgan fingerprint density at radius 1 is 1.40 bits per heavy atom. The predicted molar refractivity (Wildman–Crippen MR) is 67.3 cm³/mol. The van der Waals surface area contributed by atoms with Crippen LogP contribution in [0.3, 0.4) is 0 Å². The number of hydrogen-bond acceptors (Lipinski definition) is 2. The minimum absolute atomic E-state index is 0.755. The van der Waals surface area contributed by atoms with Crippen LogP contribution in [-0.2, 0) is 11.3 Å². The molecule has 0 fully saturated rings. The van der Waals surface area contributed by atoms with E-state index in [9.17, 15) is 0 Å². The molecule has 0 aliphatic rings. The summed E-state index contributed by atoms with van der Waals surface area (Å²) in [6.07, 6.45) is 5.18. The molecule has 0 aliphatic carbocycles. The van der Waals surface area contributed by atoms with E-state index in [-0.39, 0.29) is 0 Å². The lowest BCUT2D eigenvalue weighted by Crippen LogP contribution is -2.08. The number of rotatable bonds is 8. The molecule has 0 saturated heterocycles. The van der Waals surface area contributed by atoms with Crippen molar-refractivity contribution >= 4 is 11.3 Å². The molecule has 86 valence electrons. The van der Waals surface area contributed by atoms with E-state index in [0.717, 1.165) is 19.1 Å². The molecular formula is C13H22OS. The highest BCUT2D eigenvalue weighted by Gasteiger charge is 2.05. The molecule has 0 amide bonds. The second-order valence-electron chi connectivity index (χ2n) is 4.01. The Hall–Kier alpha value is -0.340. The summed E-state index contributed by atoms with van der Waals surface area (Å²) in [4.78, 5) is 1.33. The van der Waals surface area contributed by atoms with Crippen molar-refractivity contribution in [2.45, 2.75) is 46.1 Å². The topological polar surface area (TPSA) is 9.23 Å². The molecule has 0 spiro atoms. The zero-order chi connectivity index (χ0) is 10.9. The largest absolute Gasteiger partial charge is 0.376 e. The quantitative estimate of drug-likeness (QED) is 0.635. The maximum atomic E-state index is 5.74. The first-order valence-electron chi connectivity index (χ1n) is 5.97. The summed E-state index contributed by atoms with van der Waals surface area (Å²) in [5, 5.41) is 2.10. The number of hydrogen-bond donors (Lipinski definition) is 0. The van der Waals surface area contributed by atoms with Crippen LogP contribution in [0.2, 0.25) is 0 Å². The van der Waals surface area contributed by atoms with Crippen LogP contribution in [0.25, 0.3) is 0 Å². The fourth-order valence-electron chi connectivity index (χ4n) is 1.62. The number of unbranched alkanes of at least 4 members (excludes halogenated alkanes) is 1. The average Bonchev–Trinajstić information content (AvgIpc) is 2.76. The monoisotopic (exact) mass is 226 g/mol. The average molecular weight is 226 g/mol. The molecule has 0 N–H and O–H groups in total. The second kappa shape index (κ2) is 7.89. The van der Waals surface area contributed by atoms with Crippen molar-refractivity contribution in [3.63, 3.8) is 0 Å². The van der Waals surface area contributed by atoms with E-state index in [2.05, 4.69) is 31.4 Å². The van der Waals surface area contributed by atoms with Gasteiger partial charge in [0, 0.05) is 11.5 Å². The van der Waals surface area contributed by atoms with Gasteiger partial charge in [0.2, 0.25) is 0 Å². The van der Waals surface area contributed by atoms with Gasteiger partial charge in [0.25, 0.3) is 0 Å². The van der Waals surface area contributed by atoms with Crippen molar-refractivity contribution < 1.29 is 4.74 Å². The van der Waals surface area contributed by atoms with Crippen LogP contribution < -0.4 is 0 Å². The van der Waals surface area contributed by atoms with E-state index in [1.807, 2.05) is 0 Å². The lowest BCUT2D eigenvalue weighted by atomic mass is 10.0. The molecule has 1 unspecified atom stereocenters. The van der Waals surface area contributed by atoms with Gasteiger partial charge in [0.1, 0.15) is 0 Å². The van der Waals surface area contributed by atoms with Crippen LogP contribution in [0, 0.1) is 5.92 Å². The van der Waals surface area contributed by atoms with E-state index < -0.39 is 0 Å². The molecule has 1 nitrogen and oxygen atoms in total. The molecule has 1 atom stereocenters. The van der Waals surface area contributed by atoms with E-state index in [0.29, 0.717) is 0 Å². The first-order chi connectivity index (χ1) is 7.36. The molecule has 1 rings (SSSR count). The summed E-state index contributed by atoms with van der Waals surface area (Å²) in [6.45, 7) is 6.22. The Balaban J connectivity index is 2.11. The summed E-state index contributed by atoms with van der Waals surface area (Å²) in [7, 11) is 0. The minimum Gasteiger partial charge on any atom is -0.376 e. The first kappa shape index (κ1) is 12.7. The molecule has 0 aromatic carbocycles. The van der Waals surface area contributed by atoms with Gasteiger partial charge in [0.05, 0.1) is 6.61 Å². The highest BCUT2D eigenvalue weighted by atomic mass is 32.1. The summed E-state index contributed by atoms with van der Waals surface area (Å²) in [5.74, 6) is 0.755. The lowest BCUT2D eigenvalue weighted by molar-refractivity contribution is 0.0836. The lowest BCUT2D eigenvalue weighted by Gasteiger charge is -2.14. The summed E-state index contributed by atoms with van der Waals surface area (Å²) in [6, 6.07) is 4.22. The Labute approximate surface area is 97.5 Å². The fourth-order valence-corrected chi connectivity index (χ4v) is 2.26. The molecule has 1 aromatic rings. The van der Waals surface area contributed by atoms with Crippen LogP contribution in [0.4, 0.5) is 0 Å². The Morgan fingerprint density at radius 3 is 2.87 bits per heavy atom. The summed E-state index contributed by atoms with van der Waals surface area (Å²) >= 11 is 1.78. The third-order valence-electron chi connectivity index (χ3n) is 2.72. The third kappa shape index (κ3) is 5.33. The normalized spacial score (nSPS) is 12.9. The zero-order valence-corrected chi connectivity index (χ0v) is 10.7. The van der Waals surface area contributed by atoms with Crippen molar-refractivity contribution in [2.24, 2.45) is 5.92 Å². The van der Waals surface area contributed by atoms with Crippen LogP contribution >= 0.6 is 11.3 Å². The van der Waals surface area contributed by atoms with Gasteiger partial charge >= 0.3 is 0 Å². The van der Waals surface area contributed by atoms with Crippen LogP contribution in [0.15, 0.2) is 17.5 Å². The van der Waals surface area contributed by atoms with E-state index in [1.54, 1.807) is 11.3 Å². The van der Waals surface area contributed by atoms with Crippen molar-refractivity contribution in [1.29, 1.82) is 0 Å². The first-order valence-corrected chi connectivity index (χ1v) is 6.84. The van der Waals surface area contributed by atoms with Gasteiger partial charge in [-0.05, 0) is 23.8 Å². The molecule has 0 saturated carbocycles. The molecule has 1 aromatic heterocycles. The minimum atomic E-state index is 0.755. The highest BCUT2D eigenvalue weighted by Crippen LogP contribution is 2.15. The van der Waals surface area contributed by atoms with Gasteiger partial charge in [0.15, 0.2) is 0 Å². The molecular weight excluding hydrogens is 204 g/mol. The molecule has 0 aliphatic heterocycles. The maximum absolute atomic E-state index is 5.74. The fraction of sp³-hybridized carbons (Fsp3) is 0.692. The highest BCUT2D eigenvalue weighted by molar-refractivity contribution is 7.09. The Morgan fingerprint density at radius 2 is 2.27 bits per heavy atom. The summed E-state index contributed by atoms with van der Waals surface area (Å²) in [5.41, 5.74) is 0. The molecule has 15 heavy (non-hydrogen) atoms. The Bertz CT molecular complexity index is 231. The van der Waals surface area contributed by atoms with Gasteiger partial charge in [-0.15, -0.1) is 11.3 Å². The van der Waals surface area contributed by atoms with Gasteiger partial charge in [-0.25, -0.2) is 0 Å². The predicted octanol–water partition coefficient (Wildman–Crippen LogP) is 4.48. The molecule has 0 radical (unpaired) electrons. The maximum Gasteiger partial charge on any atom is 0.0809 e. The van der Waals surface area contributed by atoms with Crippen molar-refractivity contribution in [3.8, 4) is 0 Å². The summed E-state index contributed by atoms with van der Waals surface area (Å²) < 4.78 is 5.74. The molecule has 1 heterocycles. The van der Waals surface area contributed by atoms with E-state index in [1.165, 1.54) is 30.6 Å². The van der Waals surface area contributed by atoms with Gasteiger partial charge in [-0.3, -0.25) is 0 Å². The van der Waals surface area contributed by atoms with Crippen molar-refractivity contribution in [1.82, 2.24) is 0 Å².